The zero-order valence-corrected chi connectivity index (χ0v) is 14.3. The van der Waals surface area contributed by atoms with Gasteiger partial charge in [-0.1, -0.05) is 0 Å². The van der Waals surface area contributed by atoms with Crippen molar-refractivity contribution in [1.82, 2.24) is 5.32 Å². The molecule has 0 saturated heterocycles. The van der Waals surface area contributed by atoms with Crippen molar-refractivity contribution in [3.05, 3.63) is 82.1 Å². The van der Waals surface area contributed by atoms with Gasteiger partial charge >= 0.3 is 0 Å². The lowest BCUT2D eigenvalue weighted by Crippen LogP contribution is -2.17. The van der Waals surface area contributed by atoms with Gasteiger partial charge in [0.05, 0.1) is 4.92 Å². The molecular formula is C19H15N3O5. The van der Waals surface area contributed by atoms with Crippen molar-refractivity contribution in [3.8, 4) is 11.3 Å². The Morgan fingerprint density at radius 1 is 0.926 bits per heavy atom. The third-order valence-electron chi connectivity index (χ3n) is 3.82. The monoisotopic (exact) mass is 365 g/mol. The molecule has 0 aliphatic rings. The molecule has 3 aromatic rings. The molecule has 2 N–H and O–H groups in total. The summed E-state index contributed by atoms with van der Waals surface area (Å²) in [4.78, 5) is 34.0. The molecule has 0 unspecified atom stereocenters. The van der Waals surface area contributed by atoms with Crippen molar-refractivity contribution in [3.63, 3.8) is 0 Å². The third-order valence-corrected chi connectivity index (χ3v) is 3.82. The van der Waals surface area contributed by atoms with E-state index in [-0.39, 0.29) is 17.4 Å². The number of anilines is 1. The molecule has 0 spiro atoms. The van der Waals surface area contributed by atoms with Crippen LogP contribution in [0.2, 0.25) is 0 Å². The third kappa shape index (κ3) is 4.01. The molecule has 0 radical (unpaired) electrons. The number of nitrogens with one attached hydrogen (secondary N) is 2. The average molecular weight is 365 g/mol. The second-order valence-electron chi connectivity index (χ2n) is 5.58. The Bertz CT molecular complexity index is 991. The molecule has 0 bridgehead atoms. The summed E-state index contributed by atoms with van der Waals surface area (Å²) in [5, 5.41) is 15.9. The van der Waals surface area contributed by atoms with Crippen LogP contribution in [0.15, 0.2) is 65.1 Å². The van der Waals surface area contributed by atoms with E-state index in [1.54, 1.807) is 42.5 Å². The fourth-order valence-electron chi connectivity index (χ4n) is 2.40. The Balaban J connectivity index is 1.71. The number of amides is 2. The number of nitro groups is 1. The molecular weight excluding hydrogens is 350 g/mol. The number of furan rings is 1. The summed E-state index contributed by atoms with van der Waals surface area (Å²) >= 11 is 0. The Labute approximate surface area is 154 Å². The number of non-ortho nitro benzene ring substituents is 1. The fourth-order valence-corrected chi connectivity index (χ4v) is 2.40. The van der Waals surface area contributed by atoms with E-state index in [4.69, 9.17) is 4.42 Å². The average Bonchev–Trinajstić information content (AvgIpc) is 3.18. The minimum absolute atomic E-state index is 0.0246. The largest absolute Gasteiger partial charge is 0.451 e. The lowest BCUT2D eigenvalue weighted by atomic mass is 10.1. The first-order valence-electron chi connectivity index (χ1n) is 7.96. The lowest BCUT2D eigenvalue weighted by molar-refractivity contribution is -0.384. The number of benzene rings is 2. The number of rotatable bonds is 5. The molecule has 27 heavy (non-hydrogen) atoms. The van der Waals surface area contributed by atoms with Gasteiger partial charge < -0.3 is 15.1 Å². The summed E-state index contributed by atoms with van der Waals surface area (Å²) in [6, 6.07) is 15.4. The number of hydrogen-bond acceptors (Lipinski definition) is 5. The zero-order chi connectivity index (χ0) is 19.4. The van der Waals surface area contributed by atoms with Crippen LogP contribution in [0.25, 0.3) is 11.3 Å². The number of carbonyl (C=O) groups excluding carboxylic acids is 2. The summed E-state index contributed by atoms with van der Waals surface area (Å²) in [6.07, 6.45) is 0. The van der Waals surface area contributed by atoms with Gasteiger partial charge in [0.25, 0.3) is 17.5 Å². The second kappa shape index (κ2) is 7.52. The minimum atomic E-state index is -0.486. The van der Waals surface area contributed by atoms with E-state index < -0.39 is 10.8 Å². The molecule has 0 atom stereocenters. The molecule has 3 rings (SSSR count). The highest BCUT2D eigenvalue weighted by molar-refractivity contribution is 6.03. The Morgan fingerprint density at radius 2 is 1.59 bits per heavy atom. The van der Waals surface area contributed by atoms with Crippen molar-refractivity contribution in [2.75, 3.05) is 12.4 Å². The fraction of sp³-hybridized carbons (Fsp3) is 0.0526. The van der Waals surface area contributed by atoms with Crippen LogP contribution >= 0.6 is 0 Å². The van der Waals surface area contributed by atoms with Gasteiger partial charge in [0.2, 0.25) is 0 Å². The van der Waals surface area contributed by atoms with Crippen LogP contribution in [0, 0.1) is 10.1 Å². The summed E-state index contributed by atoms with van der Waals surface area (Å²) in [5.41, 5.74) is 1.59. The van der Waals surface area contributed by atoms with Gasteiger partial charge in [0.15, 0.2) is 5.76 Å². The van der Waals surface area contributed by atoms with Gasteiger partial charge in [0.1, 0.15) is 5.76 Å². The molecule has 136 valence electrons. The Hall–Kier alpha value is -3.94. The predicted octanol–water partition coefficient (Wildman–Crippen LogP) is 3.47. The van der Waals surface area contributed by atoms with Crippen LogP contribution in [0.4, 0.5) is 11.4 Å². The van der Waals surface area contributed by atoms with E-state index in [1.807, 2.05) is 0 Å². The van der Waals surface area contributed by atoms with Crippen molar-refractivity contribution in [2.24, 2.45) is 0 Å². The Kier molecular flexibility index (Phi) is 4.98. The smallest absolute Gasteiger partial charge is 0.291 e. The molecule has 2 amide bonds. The highest BCUT2D eigenvalue weighted by atomic mass is 16.6. The highest BCUT2D eigenvalue weighted by Gasteiger charge is 2.14. The lowest BCUT2D eigenvalue weighted by Gasteiger charge is -2.05. The van der Waals surface area contributed by atoms with Gasteiger partial charge in [-0.05, 0) is 48.5 Å². The number of hydrogen-bond donors (Lipinski definition) is 2. The molecule has 0 aliphatic carbocycles. The van der Waals surface area contributed by atoms with Crippen LogP contribution in [0.3, 0.4) is 0 Å². The van der Waals surface area contributed by atoms with E-state index in [1.165, 1.54) is 25.2 Å². The van der Waals surface area contributed by atoms with E-state index >= 15 is 0 Å². The van der Waals surface area contributed by atoms with Gasteiger partial charge in [-0.25, -0.2) is 0 Å². The van der Waals surface area contributed by atoms with Crippen LogP contribution < -0.4 is 10.6 Å². The Morgan fingerprint density at radius 3 is 2.19 bits per heavy atom. The van der Waals surface area contributed by atoms with E-state index in [0.29, 0.717) is 22.6 Å². The maximum atomic E-state index is 12.3. The first-order chi connectivity index (χ1) is 13.0. The molecule has 8 heteroatoms. The second-order valence-corrected chi connectivity index (χ2v) is 5.58. The van der Waals surface area contributed by atoms with Crippen LogP contribution in [-0.4, -0.2) is 23.8 Å². The first kappa shape index (κ1) is 17.9. The molecule has 0 saturated carbocycles. The van der Waals surface area contributed by atoms with E-state index in [0.717, 1.165) is 0 Å². The zero-order valence-electron chi connectivity index (χ0n) is 14.3. The summed E-state index contributed by atoms with van der Waals surface area (Å²) < 4.78 is 5.54. The molecule has 8 nitrogen and oxygen atoms in total. The topological polar surface area (TPSA) is 114 Å². The van der Waals surface area contributed by atoms with Gasteiger partial charge in [-0.3, -0.25) is 19.7 Å². The van der Waals surface area contributed by atoms with Gasteiger partial charge in [-0.2, -0.15) is 0 Å². The number of carbonyl (C=O) groups is 2. The standard InChI is InChI=1S/C19H15N3O5/c1-20-18(23)13-2-6-14(7-3-13)21-19(24)17-11-10-16(27-17)12-4-8-15(9-5-12)22(25)26/h2-11H,1H3,(H,20,23)(H,21,24). The van der Waals surface area contributed by atoms with Crippen molar-refractivity contribution in [2.45, 2.75) is 0 Å². The van der Waals surface area contributed by atoms with Crippen LogP contribution in [0.1, 0.15) is 20.9 Å². The molecule has 2 aromatic carbocycles. The number of nitro benzene ring substituents is 1. The van der Waals surface area contributed by atoms with Crippen molar-refractivity contribution < 1.29 is 18.9 Å². The van der Waals surface area contributed by atoms with Crippen LogP contribution in [-0.2, 0) is 0 Å². The maximum Gasteiger partial charge on any atom is 0.291 e. The number of nitrogens with zero attached hydrogens (tertiary/aromatic N) is 1. The minimum Gasteiger partial charge on any atom is -0.451 e. The van der Waals surface area contributed by atoms with E-state index in [2.05, 4.69) is 10.6 Å². The van der Waals surface area contributed by atoms with E-state index in [9.17, 15) is 19.7 Å². The molecule has 0 aliphatic heterocycles. The normalized spacial score (nSPS) is 10.3. The van der Waals surface area contributed by atoms with Crippen molar-refractivity contribution in [1.29, 1.82) is 0 Å². The highest BCUT2D eigenvalue weighted by Crippen LogP contribution is 2.25. The molecule has 0 fully saturated rings. The van der Waals surface area contributed by atoms with Crippen molar-refractivity contribution >= 4 is 23.2 Å². The summed E-state index contributed by atoms with van der Waals surface area (Å²) in [5.74, 6) is -0.147. The predicted molar refractivity (Wildman–Crippen MR) is 98.6 cm³/mol. The maximum absolute atomic E-state index is 12.3. The molecule has 1 aromatic heterocycles. The summed E-state index contributed by atoms with van der Waals surface area (Å²) in [6.45, 7) is 0. The van der Waals surface area contributed by atoms with Gasteiger partial charge in [-0.15, -0.1) is 0 Å². The first-order valence-corrected chi connectivity index (χ1v) is 7.96. The van der Waals surface area contributed by atoms with Crippen LogP contribution in [0.5, 0.6) is 0 Å². The SMILES string of the molecule is CNC(=O)c1ccc(NC(=O)c2ccc(-c3ccc([N+](=O)[O-])cc3)o2)cc1. The quantitative estimate of drug-likeness (QED) is 0.531. The van der Waals surface area contributed by atoms with Gasteiger partial charge in [0, 0.05) is 36.0 Å². The summed E-state index contributed by atoms with van der Waals surface area (Å²) in [7, 11) is 1.54. The molecule has 1 heterocycles.